The second-order valence-electron chi connectivity index (χ2n) is 6.40. The standard InChI is InChI=1S/C18H22N6O/c1-13-9-16-18(19-5-6-24(16)22-13)21-11-15-3-4-17(20-10-15)23-7-8-25-14(2)12-23/h3-6,9-10,14H,7-8,11-12H2,1-2H3,(H,19,21). The summed E-state index contributed by atoms with van der Waals surface area (Å²) in [7, 11) is 0. The van der Waals surface area contributed by atoms with Gasteiger partial charge in [0.1, 0.15) is 11.3 Å². The van der Waals surface area contributed by atoms with E-state index in [1.54, 1.807) is 6.20 Å². The van der Waals surface area contributed by atoms with Crippen LogP contribution in [0.15, 0.2) is 36.8 Å². The Labute approximate surface area is 146 Å². The van der Waals surface area contributed by atoms with Crippen LogP contribution in [0.5, 0.6) is 0 Å². The van der Waals surface area contributed by atoms with Crippen molar-refractivity contribution in [2.45, 2.75) is 26.5 Å². The molecule has 25 heavy (non-hydrogen) atoms. The molecule has 0 aromatic carbocycles. The van der Waals surface area contributed by atoms with E-state index in [-0.39, 0.29) is 6.10 Å². The first kappa shape index (κ1) is 15.8. The minimum Gasteiger partial charge on any atom is -0.375 e. The van der Waals surface area contributed by atoms with Crippen molar-refractivity contribution in [3.05, 3.63) is 48.0 Å². The summed E-state index contributed by atoms with van der Waals surface area (Å²) >= 11 is 0. The molecule has 3 aromatic heterocycles. The van der Waals surface area contributed by atoms with Gasteiger partial charge in [0.25, 0.3) is 0 Å². The van der Waals surface area contributed by atoms with Crippen molar-refractivity contribution in [3.63, 3.8) is 0 Å². The van der Waals surface area contributed by atoms with Gasteiger partial charge in [-0.25, -0.2) is 14.5 Å². The van der Waals surface area contributed by atoms with Gasteiger partial charge in [-0.1, -0.05) is 6.07 Å². The Morgan fingerprint density at radius 3 is 3.04 bits per heavy atom. The first-order valence-corrected chi connectivity index (χ1v) is 8.55. The number of nitrogens with one attached hydrogen (secondary N) is 1. The summed E-state index contributed by atoms with van der Waals surface area (Å²) in [4.78, 5) is 11.3. The van der Waals surface area contributed by atoms with Crippen molar-refractivity contribution < 1.29 is 4.74 Å². The number of anilines is 2. The number of fused-ring (bicyclic) bond motifs is 1. The van der Waals surface area contributed by atoms with Crippen LogP contribution >= 0.6 is 0 Å². The molecule has 4 rings (SSSR count). The van der Waals surface area contributed by atoms with Crippen LogP contribution in [0.1, 0.15) is 18.2 Å². The molecule has 1 aliphatic rings. The number of pyridine rings is 1. The molecule has 7 nitrogen and oxygen atoms in total. The molecule has 0 radical (unpaired) electrons. The second kappa shape index (κ2) is 6.68. The molecule has 4 heterocycles. The van der Waals surface area contributed by atoms with E-state index < -0.39 is 0 Å². The number of hydrogen-bond acceptors (Lipinski definition) is 6. The third-order valence-corrected chi connectivity index (χ3v) is 4.35. The molecule has 0 amide bonds. The van der Waals surface area contributed by atoms with Crippen LogP contribution in [0.4, 0.5) is 11.6 Å². The SMILES string of the molecule is Cc1cc2c(NCc3ccc(N4CCOC(C)C4)nc3)nccn2n1. The summed E-state index contributed by atoms with van der Waals surface area (Å²) in [6, 6.07) is 6.21. The molecule has 1 atom stereocenters. The molecule has 3 aromatic rings. The Morgan fingerprint density at radius 2 is 2.24 bits per heavy atom. The van der Waals surface area contributed by atoms with Crippen LogP contribution in [0, 0.1) is 6.92 Å². The van der Waals surface area contributed by atoms with Gasteiger partial charge < -0.3 is 15.0 Å². The molecular formula is C18H22N6O. The van der Waals surface area contributed by atoms with Crippen molar-refractivity contribution in [1.29, 1.82) is 0 Å². The van der Waals surface area contributed by atoms with Gasteiger partial charge in [-0.15, -0.1) is 0 Å². The van der Waals surface area contributed by atoms with E-state index in [1.807, 2.05) is 29.9 Å². The van der Waals surface area contributed by atoms with Crippen LogP contribution < -0.4 is 10.2 Å². The highest BCUT2D eigenvalue weighted by molar-refractivity contribution is 5.67. The number of aryl methyl sites for hydroxylation is 1. The van der Waals surface area contributed by atoms with E-state index in [1.165, 1.54) is 0 Å². The van der Waals surface area contributed by atoms with Gasteiger partial charge in [0, 0.05) is 38.2 Å². The van der Waals surface area contributed by atoms with Gasteiger partial charge in [0.15, 0.2) is 5.82 Å². The Balaban J connectivity index is 1.44. The molecule has 130 valence electrons. The molecule has 1 aliphatic heterocycles. The lowest BCUT2D eigenvalue weighted by atomic mass is 10.2. The predicted octanol–water partition coefficient (Wildman–Crippen LogP) is 2.27. The van der Waals surface area contributed by atoms with Crippen LogP contribution in [0.3, 0.4) is 0 Å². The number of aromatic nitrogens is 4. The van der Waals surface area contributed by atoms with Crippen LogP contribution in [0.25, 0.3) is 5.52 Å². The maximum atomic E-state index is 5.58. The fourth-order valence-electron chi connectivity index (χ4n) is 3.10. The van der Waals surface area contributed by atoms with Gasteiger partial charge >= 0.3 is 0 Å². The zero-order valence-corrected chi connectivity index (χ0v) is 14.5. The predicted molar refractivity (Wildman–Crippen MR) is 96.9 cm³/mol. The molecular weight excluding hydrogens is 316 g/mol. The molecule has 0 spiro atoms. The normalized spacial score (nSPS) is 17.8. The Kier molecular flexibility index (Phi) is 4.23. The monoisotopic (exact) mass is 338 g/mol. The van der Waals surface area contributed by atoms with Crippen molar-refractivity contribution in [2.24, 2.45) is 0 Å². The summed E-state index contributed by atoms with van der Waals surface area (Å²) in [5, 5.41) is 7.78. The van der Waals surface area contributed by atoms with E-state index in [9.17, 15) is 0 Å². The summed E-state index contributed by atoms with van der Waals surface area (Å²) in [6.45, 7) is 7.27. The van der Waals surface area contributed by atoms with Crippen molar-refractivity contribution in [3.8, 4) is 0 Å². The number of rotatable bonds is 4. The van der Waals surface area contributed by atoms with Crippen LogP contribution in [0.2, 0.25) is 0 Å². The van der Waals surface area contributed by atoms with Crippen LogP contribution in [-0.2, 0) is 11.3 Å². The Bertz CT molecular complexity index is 860. The molecule has 1 fully saturated rings. The van der Waals surface area contributed by atoms with Gasteiger partial charge in [-0.2, -0.15) is 5.10 Å². The van der Waals surface area contributed by atoms with Gasteiger partial charge in [0.05, 0.1) is 18.4 Å². The van der Waals surface area contributed by atoms with Crippen LogP contribution in [-0.4, -0.2) is 45.4 Å². The largest absolute Gasteiger partial charge is 0.375 e. The number of morpholine rings is 1. The number of ether oxygens (including phenoxy) is 1. The highest BCUT2D eigenvalue weighted by atomic mass is 16.5. The summed E-state index contributed by atoms with van der Waals surface area (Å²) in [5.41, 5.74) is 3.07. The molecule has 1 N–H and O–H groups in total. The maximum absolute atomic E-state index is 5.58. The average molecular weight is 338 g/mol. The first-order valence-electron chi connectivity index (χ1n) is 8.55. The van der Waals surface area contributed by atoms with E-state index in [2.05, 4.69) is 44.3 Å². The molecule has 1 saturated heterocycles. The zero-order chi connectivity index (χ0) is 17.2. The fraction of sp³-hybridized carbons (Fsp3) is 0.389. The minimum atomic E-state index is 0.252. The average Bonchev–Trinajstić information content (AvgIpc) is 3.01. The smallest absolute Gasteiger partial charge is 0.152 e. The first-order chi connectivity index (χ1) is 12.2. The van der Waals surface area contributed by atoms with E-state index in [0.29, 0.717) is 6.54 Å². The summed E-state index contributed by atoms with van der Waals surface area (Å²) < 4.78 is 7.42. The van der Waals surface area contributed by atoms with Crippen molar-refractivity contribution >= 4 is 17.2 Å². The summed E-state index contributed by atoms with van der Waals surface area (Å²) in [6.07, 6.45) is 5.78. The fourth-order valence-corrected chi connectivity index (χ4v) is 3.10. The van der Waals surface area contributed by atoms with Gasteiger partial charge in [-0.3, -0.25) is 0 Å². The number of nitrogens with zero attached hydrogens (tertiary/aromatic N) is 5. The highest BCUT2D eigenvalue weighted by Gasteiger charge is 2.17. The quantitative estimate of drug-likeness (QED) is 0.787. The molecule has 0 bridgehead atoms. The van der Waals surface area contributed by atoms with Crippen molar-refractivity contribution in [2.75, 3.05) is 29.9 Å². The number of hydrogen-bond donors (Lipinski definition) is 1. The lowest BCUT2D eigenvalue weighted by molar-refractivity contribution is 0.0529. The third-order valence-electron chi connectivity index (χ3n) is 4.35. The topological polar surface area (TPSA) is 67.6 Å². The van der Waals surface area contributed by atoms with Gasteiger partial charge in [-0.05, 0) is 31.5 Å². The maximum Gasteiger partial charge on any atom is 0.152 e. The Hall–Kier alpha value is -2.67. The summed E-state index contributed by atoms with van der Waals surface area (Å²) in [5.74, 6) is 1.83. The lowest BCUT2D eigenvalue weighted by Crippen LogP contribution is -2.41. The lowest BCUT2D eigenvalue weighted by Gasteiger charge is -2.32. The Morgan fingerprint density at radius 1 is 1.32 bits per heavy atom. The molecule has 7 heteroatoms. The highest BCUT2D eigenvalue weighted by Crippen LogP contribution is 2.18. The zero-order valence-electron chi connectivity index (χ0n) is 14.5. The molecule has 0 aliphatic carbocycles. The van der Waals surface area contributed by atoms with Crippen molar-refractivity contribution in [1.82, 2.24) is 19.6 Å². The minimum absolute atomic E-state index is 0.252. The van der Waals surface area contributed by atoms with E-state index >= 15 is 0 Å². The molecule has 0 saturated carbocycles. The third kappa shape index (κ3) is 3.41. The molecule has 1 unspecified atom stereocenters. The van der Waals surface area contributed by atoms with Gasteiger partial charge in [0.2, 0.25) is 0 Å². The van der Waals surface area contributed by atoms with E-state index in [4.69, 9.17) is 4.74 Å². The van der Waals surface area contributed by atoms with E-state index in [0.717, 1.165) is 48.1 Å². The second-order valence-corrected chi connectivity index (χ2v) is 6.40.